The average molecular weight is 283 g/mol. The minimum absolute atomic E-state index is 0.528. The average Bonchev–Trinajstić information content (AvgIpc) is 2.74. The van der Waals surface area contributed by atoms with Gasteiger partial charge in [-0.25, -0.2) is 4.68 Å². The highest BCUT2D eigenvalue weighted by Crippen LogP contribution is 2.23. The summed E-state index contributed by atoms with van der Waals surface area (Å²) in [7, 11) is 1.78. The molecule has 16 heavy (non-hydrogen) atoms. The van der Waals surface area contributed by atoms with Crippen LogP contribution in [0.15, 0.2) is 10.7 Å². The Bertz CT molecular complexity index is 555. The van der Waals surface area contributed by atoms with Crippen molar-refractivity contribution in [2.45, 2.75) is 13.8 Å². The molecule has 0 amide bonds. The van der Waals surface area contributed by atoms with Crippen LogP contribution in [0.25, 0.3) is 5.82 Å². The van der Waals surface area contributed by atoms with Crippen LogP contribution in [0.3, 0.4) is 0 Å². The second kappa shape index (κ2) is 3.86. The molecule has 2 rings (SSSR count). The SMILES string of the molecule is Cc1nn(-c2c(C=O)cnn2C)c(C)c1Br. The summed E-state index contributed by atoms with van der Waals surface area (Å²) in [6.07, 6.45) is 2.32. The smallest absolute Gasteiger partial charge is 0.162 e. The van der Waals surface area contributed by atoms with E-state index in [4.69, 9.17) is 0 Å². The van der Waals surface area contributed by atoms with Gasteiger partial charge in [0.2, 0.25) is 0 Å². The third kappa shape index (κ3) is 1.49. The van der Waals surface area contributed by atoms with Gasteiger partial charge in [0, 0.05) is 7.05 Å². The molecule has 0 unspecified atom stereocenters. The maximum absolute atomic E-state index is 10.9. The third-order valence-corrected chi connectivity index (χ3v) is 3.61. The monoisotopic (exact) mass is 282 g/mol. The van der Waals surface area contributed by atoms with Crippen molar-refractivity contribution < 1.29 is 4.79 Å². The van der Waals surface area contributed by atoms with E-state index < -0.39 is 0 Å². The molecule has 0 radical (unpaired) electrons. The van der Waals surface area contributed by atoms with Gasteiger partial charge in [0.15, 0.2) is 12.1 Å². The number of carbonyl (C=O) groups is 1. The van der Waals surface area contributed by atoms with E-state index in [2.05, 4.69) is 26.1 Å². The first-order valence-electron chi connectivity index (χ1n) is 4.75. The lowest BCUT2D eigenvalue weighted by molar-refractivity contribution is 0.112. The first-order chi connectivity index (χ1) is 7.56. The van der Waals surface area contributed by atoms with Gasteiger partial charge in [-0.2, -0.15) is 10.2 Å². The van der Waals surface area contributed by atoms with Crippen molar-refractivity contribution in [3.8, 4) is 5.82 Å². The standard InChI is InChI=1S/C10H11BrN4O/c1-6-9(11)7(2)15(13-6)10-8(5-16)4-12-14(10)3/h4-5H,1-3H3. The van der Waals surface area contributed by atoms with E-state index in [-0.39, 0.29) is 0 Å². The molecule has 0 aliphatic carbocycles. The fraction of sp³-hybridized carbons (Fsp3) is 0.300. The normalized spacial score (nSPS) is 10.8. The van der Waals surface area contributed by atoms with Crippen molar-refractivity contribution in [1.82, 2.24) is 19.6 Å². The van der Waals surface area contributed by atoms with Gasteiger partial charge in [-0.05, 0) is 29.8 Å². The van der Waals surface area contributed by atoms with Gasteiger partial charge in [0.25, 0.3) is 0 Å². The Labute approximate surface area is 101 Å². The predicted octanol–water partition coefficient (Wildman–Crippen LogP) is 1.80. The van der Waals surface area contributed by atoms with Gasteiger partial charge >= 0.3 is 0 Å². The van der Waals surface area contributed by atoms with E-state index in [1.807, 2.05) is 13.8 Å². The van der Waals surface area contributed by atoms with Gasteiger partial charge in [-0.3, -0.25) is 9.48 Å². The highest BCUT2D eigenvalue weighted by Gasteiger charge is 2.16. The summed E-state index contributed by atoms with van der Waals surface area (Å²) in [6, 6.07) is 0. The van der Waals surface area contributed by atoms with Gasteiger partial charge in [-0.1, -0.05) is 0 Å². The number of aromatic nitrogens is 4. The molecule has 0 saturated carbocycles. The maximum atomic E-state index is 10.9. The molecule has 0 bridgehead atoms. The second-order valence-electron chi connectivity index (χ2n) is 3.56. The second-order valence-corrected chi connectivity index (χ2v) is 4.35. The summed E-state index contributed by atoms with van der Waals surface area (Å²) in [5, 5.41) is 8.42. The van der Waals surface area contributed by atoms with E-state index in [0.717, 1.165) is 22.1 Å². The number of hydrogen-bond donors (Lipinski definition) is 0. The summed E-state index contributed by atoms with van der Waals surface area (Å²) < 4.78 is 4.30. The number of aryl methyl sites for hydroxylation is 2. The molecular weight excluding hydrogens is 272 g/mol. The fourth-order valence-electron chi connectivity index (χ4n) is 1.62. The minimum Gasteiger partial charge on any atom is -0.298 e. The van der Waals surface area contributed by atoms with Gasteiger partial charge in [-0.15, -0.1) is 0 Å². The number of aldehydes is 1. The van der Waals surface area contributed by atoms with Crippen molar-refractivity contribution in [2.24, 2.45) is 7.05 Å². The Morgan fingerprint density at radius 3 is 2.62 bits per heavy atom. The molecule has 2 heterocycles. The predicted molar refractivity (Wildman–Crippen MR) is 62.9 cm³/mol. The number of hydrogen-bond acceptors (Lipinski definition) is 3. The molecule has 2 aromatic rings. The first kappa shape index (κ1) is 11.1. The van der Waals surface area contributed by atoms with Gasteiger partial charge in [0.05, 0.1) is 27.6 Å². The van der Waals surface area contributed by atoms with Gasteiger partial charge < -0.3 is 0 Å². The summed E-state index contributed by atoms with van der Waals surface area (Å²) >= 11 is 3.46. The van der Waals surface area contributed by atoms with Crippen molar-refractivity contribution in [3.63, 3.8) is 0 Å². The molecular formula is C10H11BrN4O. The number of rotatable bonds is 2. The van der Waals surface area contributed by atoms with Crippen molar-refractivity contribution in [2.75, 3.05) is 0 Å². The zero-order valence-electron chi connectivity index (χ0n) is 9.23. The number of nitrogens with zero attached hydrogens (tertiary/aromatic N) is 4. The van der Waals surface area contributed by atoms with Crippen LogP contribution in [-0.4, -0.2) is 25.8 Å². The summed E-state index contributed by atoms with van der Waals surface area (Å²) in [4.78, 5) is 10.9. The van der Waals surface area contributed by atoms with E-state index in [1.54, 1.807) is 16.4 Å². The molecule has 0 aliphatic rings. The Morgan fingerprint density at radius 1 is 1.44 bits per heavy atom. The molecule has 84 valence electrons. The van der Waals surface area contributed by atoms with Crippen LogP contribution in [0.2, 0.25) is 0 Å². The van der Waals surface area contributed by atoms with Crippen LogP contribution >= 0.6 is 15.9 Å². The highest BCUT2D eigenvalue weighted by molar-refractivity contribution is 9.10. The van der Waals surface area contributed by atoms with Crippen LogP contribution in [0.5, 0.6) is 0 Å². The van der Waals surface area contributed by atoms with E-state index in [9.17, 15) is 4.79 Å². The van der Waals surface area contributed by atoms with Crippen LogP contribution in [0.4, 0.5) is 0 Å². The Balaban J connectivity index is 2.71. The topological polar surface area (TPSA) is 52.7 Å². The van der Waals surface area contributed by atoms with Crippen LogP contribution in [0, 0.1) is 13.8 Å². The fourth-order valence-corrected chi connectivity index (χ4v) is 1.87. The molecule has 0 atom stereocenters. The Hall–Kier alpha value is -1.43. The summed E-state index contributed by atoms with van der Waals surface area (Å²) in [5.41, 5.74) is 2.36. The van der Waals surface area contributed by atoms with Crippen LogP contribution in [-0.2, 0) is 7.05 Å². The highest BCUT2D eigenvalue weighted by atomic mass is 79.9. The molecule has 0 saturated heterocycles. The molecule has 5 nitrogen and oxygen atoms in total. The molecule has 0 N–H and O–H groups in total. The molecule has 2 aromatic heterocycles. The van der Waals surface area contributed by atoms with E-state index in [0.29, 0.717) is 11.4 Å². The molecule has 0 fully saturated rings. The third-order valence-electron chi connectivity index (χ3n) is 2.47. The molecule has 0 aliphatic heterocycles. The minimum atomic E-state index is 0.528. The van der Waals surface area contributed by atoms with Crippen molar-refractivity contribution in [3.05, 3.63) is 27.6 Å². The quantitative estimate of drug-likeness (QED) is 0.790. The lowest BCUT2D eigenvalue weighted by atomic mass is 10.3. The first-order valence-corrected chi connectivity index (χ1v) is 5.54. The molecule has 6 heteroatoms. The van der Waals surface area contributed by atoms with Crippen molar-refractivity contribution in [1.29, 1.82) is 0 Å². The van der Waals surface area contributed by atoms with E-state index >= 15 is 0 Å². The Morgan fingerprint density at radius 2 is 2.12 bits per heavy atom. The maximum Gasteiger partial charge on any atom is 0.162 e. The number of halogens is 1. The van der Waals surface area contributed by atoms with Crippen LogP contribution in [0.1, 0.15) is 21.7 Å². The molecule has 0 spiro atoms. The van der Waals surface area contributed by atoms with Crippen LogP contribution < -0.4 is 0 Å². The Kier molecular flexibility index (Phi) is 2.67. The largest absolute Gasteiger partial charge is 0.298 e. The zero-order chi connectivity index (χ0) is 11.9. The lowest BCUT2D eigenvalue weighted by Gasteiger charge is -2.05. The van der Waals surface area contributed by atoms with Gasteiger partial charge in [0.1, 0.15) is 0 Å². The zero-order valence-corrected chi connectivity index (χ0v) is 10.8. The van der Waals surface area contributed by atoms with Crippen molar-refractivity contribution >= 4 is 22.2 Å². The number of carbonyl (C=O) groups excluding carboxylic acids is 1. The lowest BCUT2D eigenvalue weighted by Crippen LogP contribution is -2.08. The summed E-state index contributed by atoms with van der Waals surface area (Å²) in [5.74, 6) is 0.682. The summed E-state index contributed by atoms with van der Waals surface area (Å²) in [6.45, 7) is 3.84. The van der Waals surface area contributed by atoms with E-state index in [1.165, 1.54) is 6.20 Å². The molecule has 0 aromatic carbocycles.